The molecule has 4 rings (SSSR count). The first-order valence-electron chi connectivity index (χ1n) is 10.1. The zero-order chi connectivity index (χ0) is 21.3. The molecule has 2 aliphatic rings. The number of rotatable bonds is 4. The van der Waals surface area contributed by atoms with Crippen molar-refractivity contribution in [2.75, 3.05) is 13.1 Å². The van der Waals surface area contributed by atoms with Crippen molar-refractivity contribution in [3.63, 3.8) is 0 Å². The van der Waals surface area contributed by atoms with Crippen LogP contribution in [0.3, 0.4) is 0 Å². The van der Waals surface area contributed by atoms with E-state index in [1.807, 2.05) is 6.07 Å². The number of imide groups is 1. The fraction of sp³-hybridized carbons (Fsp3) is 0.391. The Labute approximate surface area is 179 Å². The maximum atomic E-state index is 13.7. The molecule has 0 bridgehead atoms. The lowest BCUT2D eigenvalue weighted by Gasteiger charge is -2.45. The highest BCUT2D eigenvalue weighted by atomic mass is 35.5. The molecule has 0 saturated carbocycles. The number of hydrogen-bond acceptors (Lipinski definition) is 3. The Bertz CT molecular complexity index is 958. The monoisotopic (exact) mass is 432 g/mol. The Morgan fingerprint density at radius 1 is 1.07 bits per heavy atom. The first-order valence-corrected chi connectivity index (χ1v) is 10.5. The number of piperidine rings is 2. The molecule has 2 heterocycles. The Kier molecular flexibility index (Phi) is 5.89. The summed E-state index contributed by atoms with van der Waals surface area (Å²) in [4.78, 5) is 27.1. The lowest BCUT2D eigenvalue weighted by molar-refractivity contribution is -0.140. The maximum absolute atomic E-state index is 13.7. The normalized spacial score (nSPS) is 23.4. The number of benzene rings is 2. The van der Waals surface area contributed by atoms with Crippen molar-refractivity contribution in [2.45, 2.75) is 37.6 Å². The van der Waals surface area contributed by atoms with Gasteiger partial charge in [0.15, 0.2) is 0 Å². The van der Waals surface area contributed by atoms with Gasteiger partial charge in [0.2, 0.25) is 11.8 Å². The summed E-state index contributed by atoms with van der Waals surface area (Å²) in [7, 11) is 0. The molecule has 2 aromatic carbocycles. The van der Waals surface area contributed by atoms with E-state index >= 15 is 0 Å². The summed E-state index contributed by atoms with van der Waals surface area (Å²) in [6.07, 6.45) is 2.22. The highest BCUT2D eigenvalue weighted by Gasteiger charge is 2.50. The van der Waals surface area contributed by atoms with Crippen LogP contribution < -0.4 is 5.32 Å². The Hall–Kier alpha value is -2.31. The second-order valence-corrected chi connectivity index (χ2v) is 8.56. The van der Waals surface area contributed by atoms with Gasteiger partial charge in [-0.05, 0) is 73.7 Å². The van der Waals surface area contributed by atoms with Crippen molar-refractivity contribution < 1.29 is 18.4 Å². The van der Waals surface area contributed by atoms with Gasteiger partial charge in [0, 0.05) is 13.0 Å². The molecular weight excluding hydrogens is 410 g/mol. The van der Waals surface area contributed by atoms with Crippen LogP contribution in [0.2, 0.25) is 5.02 Å². The third kappa shape index (κ3) is 3.98. The fourth-order valence-electron chi connectivity index (χ4n) is 4.85. The van der Waals surface area contributed by atoms with Gasteiger partial charge in [-0.25, -0.2) is 8.78 Å². The van der Waals surface area contributed by atoms with Gasteiger partial charge in [0.25, 0.3) is 0 Å². The number of nitrogens with one attached hydrogen (secondary N) is 1. The van der Waals surface area contributed by atoms with Crippen LogP contribution in [0.5, 0.6) is 0 Å². The molecule has 1 N–H and O–H groups in total. The lowest BCUT2D eigenvalue weighted by Crippen LogP contribution is -2.57. The third-order valence-electron chi connectivity index (χ3n) is 6.44. The number of carbonyl (C=O) groups excluding carboxylic acids is 2. The molecule has 0 radical (unpaired) electrons. The van der Waals surface area contributed by atoms with Gasteiger partial charge in [0.1, 0.15) is 11.6 Å². The summed E-state index contributed by atoms with van der Waals surface area (Å²) in [6, 6.07) is 10.9. The van der Waals surface area contributed by atoms with Gasteiger partial charge in [0.05, 0.1) is 10.4 Å². The standard InChI is InChI=1S/C23H23ClF2N2O2/c24-19-6-1-15(13-20(19)26)14-28-11-8-17(9-12-28)23(10-7-21(29)27-22(23)30)16-2-4-18(25)5-3-16/h1-6,13,17H,7-12,14H2,(H,27,29,30)/t23-/m0/s1. The summed E-state index contributed by atoms with van der Waals surface area (Å²) in [5.74, 6) is -1.30. The predicted molar refractivity (Wildman–Crippen MR) is 110 cm³/mol. The van der Waals surface area contributed by atoms with Crippen molar-refractivity contribution in [3.8, 4) is 0 Å². The minimum Gasteiger partial charge on any atom is -0.299 e. The van der Waals surface area contributed by atoms with Crippen LogP contribution in [-0.4, -0.2) is 29.8 Å². The summed E-state index contributed by atoms with van der Waals surface area (Å²) in [5, 5.41) is 2.61. The van der Waals surface area contributed by atoms with E-state index in [2.05, 4.69) is 10.2 Å². The first kappa shape index (κ1) is 20.9. The van der Waals surface area contributed by atoms with Gasteiger partial charge in [-0.15, -0.1) is 0 Å². The topological polar surface area (TPSA) is 49.4 Å². The van der Waals surface area contributed by atoms with E-state index in [0.717, 1.165) is 37.1 Å². The molecule has 2 amide bonds. The number of nitrogens with zero attached hydrogens (tertiary/aromatic N) is 1. The molecule has 0 aliphatic carbocycles. The van der Waals surface area contributed by atoms with E-state index in [1.54, 1.807) is 18.2 Å². The van der Waals surface area contributed by atoms with Crippen LogP contribution in [0.1, 0.15) is 36.8 Å². The number of likely N-dealkylation sites (tertiary alicyclic amines) is 1. The average molecular weight is 433 g/mol. The first-order chi connectivity index (χ1) is 14.4. The average Bonchev–Trinajstić information content (AvgIpc) is 2.73. The van der Waals surface area contributed by atoms with Crippen LogP contribution in [0.15, 0.2) is 42.5 Å². The molecule has 4 nitrogen and oxygen atoms in total. The molecule has 2 fully saturated rings. The molecular formula is C23H23ClF2N2O2. The lowest BCUT2D eigenvalue weighted by atomic mass is 9.62. The molecule has 1 atom stereocenters. The minimum atomic E-state index is -0.833. The van der Waals surface area contributed by atoms with Gasteiger partial charge in [-0.2, -0.15) is 0 Å². The molecule has 0 spiro atoms. The van der Waals surface area contributed by atoms with Crippen LogP contribution in [0.25, 0.3) is 0 Å². The highest BCUT2D eigenvalue weighted by Crippen LogP contribution is 2.44. The van der Waals surface area contributed by atoms with Crippen LogP contribution >= 0.6 is 11.6 Å². The second kappa shape index (κ2) is 8.44. The maximum Gasteiger partial charge on any atom is 0.237 e. The summed E-state index contributed by atoms with van der Waals surface area (Å²) in [6.45, 7) is 2.10. The van der Waals surface area contributed by atoms with E-state index in [-0.39, 0.29) is 35.0 Å². The van der Waals surface area contributed by atoms with Crippen LogP contribution in [-0.2, 0) is 21.5 Å². The van der Waals surface area contributed by atoms with E-state index in [4.69, 9.17) is 11.6 Å². The predicted octanol–water partition coefficient (Wildman–Crippen LogP) is 4.20. The number of carbonyl (C=O) groups is 2. The SMILES string of the molecule is O=C1CC[C@](c2ccc(F)cc2)(C2CCN(Cc3ccc(Cl)c(F)c3)CC2)C(=O)N1. The van der Waals surface area contributed by atoms with Crippen LogP contribution in [0.4, 0.5) is 8.78 Å². The van der Waals surface area contributed by atoms with Crippen LogP contribution in [0, 0.1) is 17.6 Å². The molecule has 0 aromatic heterocycles. The zero-order valence-corrected chi connectivity index (χ0v) is 17.2. The van der Waals surface area contributed by atoms with Crippen molar-refractivity contribution in [3.05, 3.63) is 70.2 Å². The zero-order valence-electron chi connectivity index (χ0n) is 16.5. The van der Waals surface area contributed by atoms with Crippen molar-refractivity contribution in [1.82, 2.24) is 10.2 Å². The van der Waals surface area contributed by atoms with Gasteiger partial charge in [-0.1, -0.05) is 29.8 Å². The molecule has 2 aliphatic heterocycles. The smallest absolute Gasteiger partial charge is 0.237 e. The molecule has 7 heteroatoms. The van der Waals surface area contributed by atoms with E-state index < -0.39 is 11.2 Å². The number of halogens is 3. The quantitative estimate of drug-likeness (QED) is 0.736. The van der Waals surface area contributed by atoms with Gasteiger partial charge >= 0.3 is 0 Å². The van der Waals surface area contributed by atoms with Crippen molar-refractivity contribution in [2.24, 2.45) is 5.92 Å². The van der Waals surface area contributed by atoms with Crippen molar-refractivity contribution in [1.29, 1.82) is 0 Å². The molecule has 158 valence electrons. The largest absolute Gasteiger partial charge is 0.299 e. The molecule has 2 aromatic rings. The summed E-state index contributed by atoms with van der Waals surface area (Å²) in [5.41, 5.74) is 0.775. The fourth-order valence-corrected chi connectivity index (χ4v) is 4.97. The third-order valence-corrected chi connectivity index (χ3v) is 6.75. The number of hydrogen-bond donors (Lipinski definition) is 1. The van der Waals surface area contributed by atoms with Gasteiger partial charge in [-0.3, -0.25) is 19.8 Å². The Morgan fingerprint density at radius 2 is 1.77 bits per heavy atom. The molecule has 0 unspecified atom stereocenters. The van der Waals surface area contributed by atoms with E-state index in [9.17, 15) is 18.4 Å². The molecule has 2 saturated heterocycles. The van der Waals surface area contributed by atoms with E-state index in [0.29, 0.717) is 13.0 Å². The van der Waals surface area contributed by atoms with E-state index in [1.165, 1.54) is 18.2 Å². The summed E-state index contributed by atoms with van der Waals surface area (Å²) < 4.78 is 27.2. The summed E-state index contributed by atoms with van der Waals surface area (Å²) >= 11 is 5.76. The second-order valence-electron chi connectivity index (χ2n) is 8.15. The van der Waals surface area contributed by atoms with Crippen molar-refractivity contribution >= 4 is 23.4 Å². The Morgan fingerprint density at radius 3 is 2.40 bits per heavy atom. The number of amides is 2. The Balaban J connectivity index is 1.52. The minimum absolute atomic E-state index is 0.0364. The highest BCUT2D eigenvalue weighted by molar-refractivity contribution is 6.30. The molecule has 30 heavy (non-hydrogen) atoms. The van der Waals surface area contributed by atoms with Gasteiger partial charge < -0.3 is 0 Å².